The Balaban J connectivity index is 1.38. The van der Waals surface area contributed by atoms with E-state index in [0.29, 0.717) is 19.6 Å². The zero-order chi connectivity index (χ0) is 22.0. The predicted octanol–water partition coefficient (Wildman–Crippen LogP) is 3.46. The van der Waals surface area contributed by atoms with Crippen LogP contribution in [-0.2, 0) is 22.7 Å². The van der Waals surface area contributed by atoms with Crippen molar-refractivity contribution in [3.05, 3.63) is 82.7 Å². The third kappa shape index (κ3) is 4.53. The van der Waals surface area contributed by atoms with Crippen molar-refractivity contribution in [2.24, 2.45) is 5.92 Å². The fraction of sp³-hybridized carbons (Fsp3) is 0.320. The Labute approximate surface area is 182 Å². The minimum Gasteiger partial charge on any atom is -0.352 e. The third-order valence-corrected chi connectivity index (χ3v) is 5.96. The second-order valence-corrected chi connectivity index (χ2v) is 8.28. The molecule has 1 saturated heterocycles. The molecule has 1 atom stereocenters. The summed E-state index contributed by atoms with van der Waals surface area (Å²) in [5, 5.41) is 7.66. The lowest BCUT2D eigenvalue weighted by Crippen LogP contribution is -2.32. The number of nitrogens with one attached hydrogen (secondary N) is 1. The molecular formula is C25H28N4O2. The first-order chi connectivity index (χ1) is 14.9. The van der Waals surface area contributed by atoms with E-state index in [0.717, 1.165) is 28.2 Å². The van der Waals surface area contributed by atoms with Crippen molar-refractivity contribution in [1.29, 1.82) is 0 Å². The Kier molecular flexibility index (Phi) is 5.89. The molecule has 2 heterocycles. The quantitative estimate of drug-likeness (QED) is 0.669. The Morgan fingerprint density at radius 1 is 1.06 bits per heavy atom. The number of aryl methyl sites for hydroxylation is 2. The van der Waals surface area contributed by atoms with Crippen LogP contribution in [0.2, 0.25) is 0 Å². The molecule has 1 fully saturated rings. The van der Waals surface area contributed by atoms with Crippen LogP contribution in [0.3, 0.4) is 0 Å². The van der Waals surface area contributed by atoms with Crippen LogP contribution in [0.15, 0.2) is 54.6 Å². The van der Waals surface area contributed by atoms with Crippen molar-refractivity contribution in [1.82, 2.24) is 20.0 Å². The molecule has 1 N–H and O–H groups in total. The number of rotatable bonds is 6. The summed E-state index contributed by atoms with van der Waals surface area (Å²) in [6.07, 6.45) is 0.263. The average Bonchev–Trinajstić information content (AvgIpc) is 3.27. The zero-order valence-corrected chi connectivity index (χ0v) is 18.3. The van der Waals surface area contributed by atoms with Gasteiger partial charge in [0, 0.05) is 37.3 Å². The number of para-hydroxylation sites is 1. The van der Waals surface area contributed by atoms with Gasteiger partial charge in [-0.3, -0.25) is 9.59 Å². The largest absolute Gasteiger partial charge is 0.352 e. The van der Waals surface area contributed by atoms with Crippen LogP contribution >= 0.6 is 0 Å². The highest BCUT2D eigenvalue weighted by Crippen LogP contribution is 2.22. The maximum atomic E-state index is 12.8. The number of likely N-dealkylation sites (tertiary alicyclic amines) is 1. The molecule has 2 aromatic carbocycles. The van der Waals surface area contributed by atoms with Crippen LogP contribution < -0.4 is 5.32 Å². The molecule has 1 aromatic heterocycles. The van der Waals surface area contributed by atoms with Gasteiger partial charge in [-0.25, -0.2) is 4.68 Å². The Morgan fingerprint density at radius 2 is 1.77 bits per heavy atom. The van der Waals surface area contributed by atoms with Gasteiger partial charge in [0.1, 0.15) is 0 Å². The van der Waals surface area contributed by atoms with Crippen LogP contribution in [0.1, 0.15) is 34.5 Å². The van der Waals surface area contributed by atoms with Crippen molar-refractivity contribution in [3.63, 3.8) is 0 Å². The van der Waals surface area contributed by atoms with Crippen LogP contribution in [-0.4, -0.2) is 33.0 Å². The zero-order valence-electron chi connectivity index (χ0n) is 18.3. The molecule has 160 valence electrons. The summed E-state index contributed by atoms with van der Waals surface area (Å²) in [5.74, 6) is -0.362. The fourth-order valence-electron chi connectivity index (χ4n) is 4.09. The molecule has 6 heteroatoms. The summed E-state index contributed by atoms with van der Waals surface area (Å²) in [7, 11) is 0. The number of benzene rings is 2. The van der Waals surface area contributed by atoms with Crippen molar-refractivity contribution in [2.45, 2.75) is 40.3 Å². The monoisotopic (exact) mass is 416 g/mol. The van der Waals surface area contributed by atoms with Crippen molar-refractivity contribution >= 4 is 11.8 Å². The molecule has 3 aromatic rings. The lowest BCUT2D eigenvalue weighted by molar-refractivity contribution is -0.129. The lowest BCUT2D eigenvalue weighted by atomic mass is 10.1. The van der Waals surface area contributed by atoms with E-state index in [1.165, 1.54) is 5.56 Å². The Hall–Kier alpha value is -3.41. The van der Waals surface area contributed by atoms with Crippen LogP contribution in [0, 0.1) is 26.7 Å². The second-order valence-electron chi connectivity index (χ2n) is 8.28. The van der Waals surface area contributed by atoms with Gasteiger partial charge in [0.2, 0.25) is 11.8 Å². The number of nitrogens with zero attached hydrogens (tertiary/aromatic N) is 3. The fourth-order valence-corrected chi connectivity index (χ4v) is 4.09. The Bertz CT molecular complexity index is 1090. The maximum absolute atomic E-state index is 12.8. The van der Waals surface area contributed by atoms with E-state index in [9.17, 15) is 9.59 Å². The molecule has 31 heavy (non-hydrogen) atoms. The molecule has 1 aliphatic rings. The van der Waals surface area contributed by atoms with Gasteiger partial charge in [0.15, 0.2) is 0 Å². The minimum atomic E-state index is -0.317. The van der Waals surface area contributed by atoms with Gasteiger partial charge in [-0.2, -0.15) is 5.10 Å². The average molecular weight is 417 g/mol. The summed E-state index contributed by atoms with van der Waals surface area (Å²) in [5.41, 5.74) is 6.18. The van der Waals surface area contributed by atoms with Crippen molar-refractivity contribution in [2.75, 3.05) is 6.54 Å². The van der Waals surface area contributed by atoms with Gasteiger partial charge in [-0.15, -0.1) is 0 Å². The maximum Gasteiger partial charge on any atom is 0.225 e. The number of aromatic nitrogens is 2. The molecule has 0 radical (unpaired) electrons. The predicted molar refractivity (Wildman–Crippen MR) is 120 cm³/mol. The number of carbonyl (C=O) groups is 2. The summed E-state index contributed by atoms with van der Waals surface area (Å²) in [4.78, 5) is 27.0. The second kappa shape index (κ2) is 8.76. The van der Waals surface area contributed by atoms with Gasteiger partial charge in [-0.05, 0) is 38.5 Å². The van der Waals surface area contributed by atoms with Crippen LogP contribution in [0.25, 0.3) is 5.69 Å². The summed E-state index contributed by atoms with van der Waals surface area (Å²) < 4.78 is 1.90. The van der Waals surface area contributed by atoms with Gasteiger partial charge >= 0.3 is 0 Å². The molecule has 4 rings (SSSR count). The molecule has 1 unspecified atom stereocenters. The third-order valence-electron chi connectivity index (χ3n) is 5.96. The van der Waals surface area contributed by atoms with Gasteiger partial charge in [0.25, 0.3) is 0 Å². The lowest BCUT2D eigenvalue weighted by Gasteiger charge is -2.17. The number of hydrogen-bond acceptors (Lipinski definition) is 3. The molecule has 6 nitrogen and oxygen atoms in total. The molecule has 0 spiro atoms. The highest BCUT2D eigenvalue weighted by atomic mass is 16.2. The van der Waals surface area contributed by atoms with Gasteiger partial charge in [0.05, 0.1) is 17.3 Å². The summed E-state index contributed by atoms with van der Waals surface area (Å²) >= 11 is 0. The molecule has 0 bridgehead atoms. The molecule has 2 amide bonds. The van der Waals surface area contributed by atoms with E-state index < -0.39 is 0 Å². The highest BCUT2D eigenvalue weighted by Gasteiger charge is 2.34. The van der Waals surface area contributed by atoms with E-state index in [1.807, 2.05) is 80.1 Å². The van der Waals surface area contributed by atoms with E-state index >= 15 is 0 Å². The number of hydrogen-bond donors (Lipinski definition) is 1. The smallest absolute Gasteiger partial charge is 0.225 e. The van der Waals surface area contributed by atoms with Crippen LogP contribution in [0.4, 0.5) is 0 Å². The van der Waals surface area contributed by atoms with E-state index in [1.54, 1.807) is 4.90 Å². The molecule has 0 aliphatic carbocycles. The first-order valence-electron chi connectivity index (χ1n) is 10.6. The normalized spacial score (nSPS) is 16.0. The standard InChI is InChI=1S/C25H28N4O2/c1-17-9-11-20(12-10-17)15-28-16-21(13-24(28)30)25(31)26-14-23-18(2)27-29(19(23)3)22-7-5-4-6-8-22/h4-12,21H,13-16H2,1-3H3,(H,26,31). The number of carbonyl (C=O) groups excluding carboxylic acids is 2. The van der Waals surface area contributed by atoms with Gasteiger partial charge < -0.3 is 10.2 Å². The molecular weight excluding hydrogens is 388 g/mol. The molecule has 0 saturated carbocycles. The first-order valence-corrected chi connectivity index (χ1v) is 10.6. The van der Waals surface area contributed by atoms with E-state index in [-0.39, 0.29) is 24.2 Å². The van der Waals surface area contributed by atoms with E-state index in [4.69, 9.17) is 0 Å². The SMILES string of the molecule is Cc1ccc(CN2CC(C(=O)NCc3c(C)nn(-c4ccccc4)c3C)CC2=O)cc1. The first kappa shape index (κ1) is 20.8. The van der Waals surface area contributed by atoms with Crippen LogP contribution in [0.5, 0.6) is 0 Å². The van der Waals surface area contributed by atoms with Crippen molar-refractivity contribution in [3.8, 4) is 5.69 Å². The topological polar surface area (TPSA) is 67.2 Å². The minimum absolute atomic E-state index is 0.0324. The highest BCUT2D eigenvalue weighted by molar-refractivity contribution is 5.89. The Morgan fingerprint density at radius 3 is 2.48 bits per heavy atom. The summed E-state index contributed by atoms with van der Waals surface area (Å²) in [6, 6.07) is 18.1. The molecule has 1 aliphatic heterocycles. The van der Waals surface area contributed by atoms with Crippen molar-refractivity contribution < 1.29 is 9.59 Å². The summed E-state index contributed by atoms with van der Waals surface area (Å²) in [6.45, 7) is 7.42. The number of amides is 2. The van der Waals surface area contributed by atoms with E-state index in [2.05, 4.69) is 10.4 Å². The van der Waals surface area contributed by atoms with Gasteiger partial charge in [-0.1, -0.05) is 48.0 Å².